The fourth-order valence-corrected chi connectivity index (χ4v) is 7.51. The Morgan fingerprint density at radius 3 is 1.64 bits per heavy atom. The molecule has 282 valence electrons. The van der Waals surface area contributed by atoms with Crippen molar-refractivity contribution in [1.29, 1.82) is 0 Å². The van der Waals surface area contributed by atoms with Crippen molar-refractivity contribution in [2.45, 2.75) is 33.4 Å². The summed E-state index contributed by atoms with van der Waals surface area (Å²) in [5.41, 5.74) is -2.47. The van der Waals surface area contributed by atoms with Crippen molar-refractivity contribution >= 4 is 67.5 Å². The van der Waals surface area contributed by atoms with E-state index in [1.807, 2.05) is 0 Å². The smallest absolute Gasteiger partial charge is 0.435 e. The minimum Gasteiger partial charge on any atom is -0.475 e. The van der Waals surface area contributed by atoms with Crippen molar-refractivity contribution in [2.75, 3.05) is 46.9 Å². The standard InChI is InChI=1S/C12H13ClF3N3O2S2.C9H13F3N2O3.C4H4ClNO2S2/c1-19-10(21-4-3-20-2)7(9(18-19)12(14,15)16)6-22-11-17-5-8(13)23-11;1-14-8(17-4-3-16-2)6(5-15)7(13-14)9(10,11)12;1-10(7,8)4-6-2-3(5)9-4/h5H,3-4,6H2,1-2H3;15H,3-5H2,1-2H3;2H,1H3. The summed E-state index contributed by atoms with van der Waals surface area (Å²) in [6.07, 6.45) is -5.29. The molecule has 4 rings (SSSR count). The maximum absolute atomic E-state index is 13.2. The Bertz CT molecular complexity index is 1760. The Balaban J connectivity index is 0.000000281. The van der Waals surface area contributed by atoms with Crippen LogP contribution >= 0.6 is 57.6 Å². The Kier molecular flexibility index (Phi) is 17.0. The highest BCUT2D eigenvalue weighted by Crippen LogP contribution is 2.40. The topological polar surface area (TPSA) is 153 Å². The first-order chi connectivity index (χ1) is 23.2. The molecule has 0 atom stereocenters. The van der Waals surface area contributed by atoms with Crippen molar-refractivity contribution in [1.82, 2.24) is 29.5 Å². The number of aromatic nitrogens is 6. The number of ether oxygens (including phenoxy) is 4. The van der Waals surface area contributed by atoms with Crippen molar-refractivity contribution in [2.24, 2.45) is 14.1 Å². The lowest BCUT2D eigenvalue weighted by Crippen LogP contribution is -2.10. The lowest BCUT2D eigenvalue weighted by atomic mass is 10.2. The lowest BCUT2D eigenvalue weighted by molar-refractivity contribution is -0.143. The first kappa shape index (κ1) is 43.8. The number of rotatable bonds is 13. The molecule has 0 aliphatic carbocycles. The van der Waals surface area contributed by atoms with Gasteiger partial charge in [0.1, 0.15) is 21.9 Å². The van der Waals surface area contributed by atoms with Gasteiger partial charge in [-0.15, -0.1) is 0 Å². The van der Waals surface area contributed by atoms with Crippen LogP contribution in [-0.2, 0) is 58.1 Å². The highest BCUT2D eigenvalue weighted by atomic mass is 35.5. The number of hydrogen-bond donors (Lipinski definition) is 1. The fourth-order valence-electron chi connectivity index (χ4n) is 3.49. The Morgan fingerprint density at radius 1 is 0.820 bits per heavy atom. The molecule has 50 heavy (non-hydrogen) atoms. The van der Waals surface area contributed by atoms with Crippen LogP contribution < -0.4 is 9.47 Å². The van der Waals surface area contributed by atoms with Gasteiger partial charge in [0.2, 0.25) is 25.9 Å². The summed E-state index contributed by atoms with van der Waals surface area (Å²) in [7, 11) is 2.49. The van der Waals surface area contributed by atoms with Gasteiger partial charge >= 0.3 is 12.4 Å². The van der Waals surface area contributed by atoms with E-state index in [1.54, 1.807) is 0 Å². The second-order valence-electron chi connectivity index (χ2n) is 9.27. The number of nitrogens with zero attached hydrogens (tertiary/aromatic N) is 6. The van der Waals surface area contributed by atoms with Crippen molar-refractivity contribution in [3.8, 4) is 11.8 Å². The molecule has 25 heteroatoms. The minimum atomic E-state index is -4.61. The second-order valence-corrected chi connectivity index (χ2v) is 16.0. The van der Waals surface area contributed by atoms with Crippen LogP contribution in [-0.4, -0.2) is 90.0 Å². The first-order valence-corrected chi connectivity index (χ1v) is 18.7. The maximum Gasteiger partial charge on any atom is 0.435 e. The van der Waals surface area contributed by atoms with Gasteiger partial charge in [-0.05, 0) is 0 Å². The molecule has 0 bridgehead atoms. The van der Waals surface area contributed by atoms with Gasteiger partial charge in [0.15, 0.2) is 15.7 Å². The van der Waals surface area contributed by atoms with E-state index in [0.717, 1.165) is 38.7 Å². The SMILES string of the molecule is COCCOc1c(CO)c(C(F)(F)F)nn1C.COCCOc1c(CSc2ncc(Cl)s2)c(C(F)(F)F)nn1C.CS(=O)(=O)c1ncc(Cl)s1. The second kappa shape index (κ2) is 19.5. The number of halogens is 8. The van der Waals surface area contributed by atoms with Crippen molar-refractivity contribution in [3.63, 3.8) is 0 Å². The molecular formula is C25H30Cl2F6N6O7S4. The van der Waals surface area contributed by atoms with Gasteiger partial charge in [-0.2, -0.15) is 36.5 Å². The molecule has 0 aromatic carbocycles. The van der Waals surface area contributed by atoms with Gasteiger partial charge < -0.3 is 24.1 Å². The molecule has 0 spiro atoms. The van der Waals surface area contributed by atoms with Gasteiger partial charge in [-0.1, -0.05) is 57.6 Å². The third-order valence-electron chi connectivity index (χ3n) is 5.49. The van der Waals surface area contributed by atoms with Crippen LogP contribution in [0.15, 0.2) is 21.1 Å². The lowest BCUT2D eigenvalue weighted by Gasteiger charge is -2.09. The summed E-state index contributed by atoms with van der Waals surface area (Å²) in [5, 5.41) is 15.8. The zero-order chi connectivity index (χ0) is 37.9. The number of aliphatic hydroxyl groups is 1. The van der Waals surface area contributed by atoms with E-state index < -0.39 is 40.2 Å². The van der Waals surface area contributed by atoms with E-state index in [2.05, 4.69) is 20.2 Å². The van der Waals surface area contributed by atoms with Gasteiger partial charge in [-0.25, -0.2) is 27.7 Å². The molecule has 0 saturated carbocycles. The zero-order valence-electron chi connectivity index (χ0n) is 26.6. The molecule has 4 heterocycles. The highest BCUT2D eigenvalue weighted by molar-refractivity contribution is 8.00. The first-order valence-electron chi connectivity index (χ1n) is 13.4. The highest BCUT2D eigenvalue weighted by Gasteiger charge is 2.40. The monoisotopic (exact) mass is 838 g/mol. The minimum absolute atomic E-state index is 0.0209. The predicted molar refractivity (Wildman–Crippen MR) is 174 cm³/mol. The quantitative estimate of drug-likeness (QED) is 0.0952. The molecule has 1 N–H and O–H groups in total. The third-order valence-corrected chi connectivity index (χ3v) is 10.6. The van der Waals surface area contributed by atoms with Crippen LogP contribution in [0.2, 0.25) is 8.67 Å². The van der Waals surface area contributed by atoms with Gasteiger partial charge in [0.05, 0.1) is 43.3 Å². The van der Waals surface area contributed by atoms with Gasteiger partial charge in [0.25, 0.3) is 0 Å². The van der Waals surface area contributed by atoms with Crippen molar-refractivity contribution < 1.29 is 58.8 Å². The normalized spacial score (nSPS) is 11.9. The van der Waals surface area contributed by atoms with Gasteiger partial charge in [0, 0.05) is 40.3 Å². The number of thiazole rings is 2. The van der Waals surface area contributed by atoms with Crippen LogP contribution in [0.1, 0.15) is 22.5 Å². The Labute approximate surface area is 304 Å². The van der Waals surface area contributed by atoms with Crippen molar-refractivity contribution in [3.05, 3.63) is 43.6 Å². The number of sulfone groups is 1. The molecule has 4 aromatic rings. The summed E-state index contributed by atoms with van der Waals surface area (Å²) in [4.78, 5) is 7.60. The average molecular weight is 840 g/mol. The summed E-state index contributed by atoms with van der Waals surface area (Å²) in [6, 6.07) is 0. The molecule has 0 aliphatic heterocycles. The molecule has 0 saturated heterocycles. The van der Waals surface area contributed by atoms with E-state index in [9.17, 15) is 34.8 Å². The summed E-state index contributed by atoms with van der Waals surface area (Å²) >= 11 is 14.5. The molecule has 0 radical (unpaired) electrons. The van der Waals surface area contributed by atoms with Crippen LogP contribution in [0, 0.1) is 0 Å². The third kappa shape index (κ3) is 13.3. The Hall–Kier alpha value is -2.38. The number of aliphatic hydroxyl groups excluding tert-OH is 1. The molecule has 0 fully saturated rings. The molecule has 4 aromatic heterocycles. The number of alkyl halides is 6. The molecule has 0 unspecified atom stereocenters. The van der Waals surface area contributed by atoms with E-state index in [4.69, 9.17) is 47.3 Å². The number of hydrogen-bond acceptors (Lipinski definition) is 14. The average Bonchev–Trinajstić information content (AvgIpc) is 3.79. The number of thioether (sulfide) groups is 1. The molecular weight excluding hydrogens is 809 g/mol. The number of methoxy groups -OCH3 is 2. The van der Waals surface area contributed by atoms with E-state index in [0.29, 0.717) is 13.0 Å². The van der Waals surface area contributed by atoms with E-state index in [1.165, 1.54) is 52.0 Å². The maximum atomic E-state index is 13.2. The van der Waals surface area contributed by atoms with E-state index in [-0.39, 0.29) is 59.4 Å². The Morgan fingerprint density at radius 2 is 1.28 bits per heavy atom. The van der Waals surface area contributed by atoms with Crippen LogP contribution in [0.4, 0.5) is 26.3 Å². The zero-order valence-corrected chi connectivity index (χ0v) is 31.4. The molecule has 0 amide bonds. The number of aryl methyl sites for hydroxylation is 2. The summed E-state index contributed by atoms with van der Waals surface area (Å²) < 4.78 is 122. The van der Waals surface area contributed by atoms with Crippen LogP contribution in [0.5, 0.6) is 11.8 Å². The van der Waals surface area contributed by atoms with E-state index >= 15 is 0 Å². The van der Waals surface area contributed by atoms with Gasteiger partial charge in [-0.3, -0.25) is 0 Å². The molecule has 0 aliphatic rings. The largest absolute Gasteiger partial charge is 0.475 e. The summed E-state index contributed by atoms with van der Waals surface area (Å²) in [6.45, 7) is -0.0714. The fraction of sp³-hybridized carbons (Fsp3) is 0.520. The molecule has 13 nitrogen and oxygen atoms in total. The summed E-state index contributed by atoms with van der Waals surface area (Å²) in [5.74, 6) is -0.00382. The van der Waals surface area contributed by atoms with Crippen LogP contribution in [0.3, 0.4) is 0 Å². The predicted octanol–water partition coefficient (Wildman–Crippen LogP) is 6.02. The van der Waals surface area contributed by atoms with Crippen LogP contribution in [0.25, 0.3) is 0 Å².